The van der Waals surface area contributed by atoms with E-state index >= 15 is 0 Å². The van der Waals surface area contributed by atoms with E-state index in [0.717, 1.165) is 5.56 Å². The van der Waals surface area contributed by atoms with E-state index in [-0.39, 0.29) is 10.8 Å². The Hall–Kier alpha value is -1.96. The monoisotopic (exact) mass is 300 g/mol. The van der Waals surface area contributed by atoms with Gasteiger partial charge < -0.3 is 10.2 Å². The number of hydrogen-bond acceptors (Lipinski definition) is 2. The molecule has 0 aromatic heterocycles. The highest BCUT2D eigenvalue weighted by atomic mass is 16.3. The van der Waals surface area contributed by atoms with Crippen molar-refractivity contribution in [2.24, 2.45) is 0 Å². The molecule has 0 aliphatic heterocycles. The average Bonchev–Trinajstić information content (AvgIpc) is 2.37. The van der Waals surface area contributed by atoms with Crippen molar-refractivity contribution in [1.82, 2.24) is 0 Å². The summed E-state index contributed by atoms with van der Waals surface area (Å²) in [4.78, 5) is 0. The molecule has 0 aliphatic carbocycles. The zero-order valence-electron chi connectivity index (χ0n) is 14.5. The van der Waals surface area contributed by atoms with E-state index in [1.807, 2.05) is 12.1 Å². The van der Waals surface area contributed by atoms with Gasteiger partial charge in [0.2, 0.25) is 0 Å². The Labute approximate surface area is 134 Å². The predicted molar refractivity (Wildman–Crippen MR) is 93.6 cm³/mol. The van der Waals surface area contributed by atoms with Crippen LogP contribution in [0.5, 0.6) is 11.5 Å². The lowest BCUT2D eigenvalue weighted by atomic mass is 9.75. The highest BCUT2D eigenvalue weighted by Crippen LogP contribution is 2.38. The van der Waals surface area contributed by atoms with Gasteiger partial charge in [0.05, 0.1) is 0 Å². The van der Waals surface area contributed by atoms with E-state index < -0.39 is 0 Å². The van der Waals surface area contributed by atoms with E-state index in [1.165, 1.54) is 5.56 Å². The van der Waals surface area contributed by atoms with Crippen molar-refractivity contribution in [3.8, 4) is 11.5 Å². The zero-order valence-corrected chi connectivity index (χ0v) is 14.5. The van der Waals surface area contributed by atoms with E-state index in [1.54, 1.807) is 30.3 Å². The van der Waals surface area contributed by atoms with Crippen molar-refractivity contribution in [2.45, 2.75) is 52.4 Å². The maximum absolute atomic E-state index is 9.99. The minimum atomic E-state index is -0.0199. The molecule has 120 valence electrons. The Morgan fingerprint density at radius 1 is 0.636 bits per heavy atom. The van der Waals surface area contributed by atoms with Gasteiger partial charge in [0.1, 0.15) is 11.5 Å². The number of phenols is 2. The topological polar surface area (TPSA) is 40.5 Å². The molecule has 0 radical (unpaired) electrons. The number of para-hydroxylation sites is 1. The van der Waals surface area contributed by atoms with Crippen LogP contribution in [0.4, 0.5) is 0 Å². The van der Waals surface area contributed by atoms with Crippen molar-refractivity contribution < 1.29 is 10.2 Å². The SMILES string of the molecule is CC(C)(C)c1cccc(O)c1C(C)(C)C.Oc1ccccc1. The van der Waals surface area contributed by atoms with Crippen molar-refractivity contribution in [3.63, 3.8) is 0 Å². The number of hydrogen-bond donors (Lipinski definition) is 2. The third-order valence-corrected chi connectivity index (χ3v) is 3.36. The van der Waals surface area contributed by atoms with Crippen LogP contribution in [-0.4, -0.2) is 10.2 Å². The first kappa shape index (κ1) is 18.1. The first-order valence-corrected chi connectivity index (χ1v) is 7.60. The van der Waals surface area contributed by atoms with Crippen LogP contribution < -0.4 is 0 Å². The molecule has 2 heteroatoms. The van der Waals surface area contributed by atoms with Gasteiger partial charge >= 0.3 is 0 Å². The Balaban J connectivity index is 0.000000287. The third kappa shape index (κ3) is 5.10. The van der Waals surface area contributed by atoms with E-state index in [0.29, 0.717) is 11.5 Å². The Kier molecular flexibility index (Phi) is 5.65. The maximum Gasteiger partial charge on any atom is 0.119 e. The van der Waals surface area contributed by atoms with E-state index in [9.17, 15) is 5.11 Å². The third-order valence-electron chi connectivity index (χ3n) is 3.36. The second kappa shape index (κ2) is 6.87. The number of phenolic OH excluding ortho intramolecular Hbond substituents is 2. The smallest absolute Gasteiger partial charge is 0.119 e. The average molecular weight is 300 g/mol. The molecule has 0 fully saturated rings. The summed E-state index contributed by atoms with van der Waals surface area (Å²) < 4.78 is 0. The lowest BCUT2D eigenvalue weighted by Gasteiger charge is -2.30. The summed E-state index contributed by atoms with van der Waals surface area (Å²) in [7, 11) is 0. The zero-order chi connectivity index (χ0) is 17.0. The van der Waals surface area contributed by atoms with Crippen molar-refractivity contribution in [2.75, 3.05) is 0 Å². The van der Waals surface area contributed by atoms with Gasteiger partial charge in [0.15, 0.2) is 0 Å². The molecule has 2 nitrogen and oxygen atoms in total. The molecule has 0 heterocycles. The second-order valence-electron chi connectivity index (χ2n) is 7.54. The summed E-state index contributed by atoms with van der Waals surface area (Å²) in [6.07, 6.45) is 0. The summed E-state index contributed by atoms with van der Waals surface area (Å²) in [6, 6.07) is 14.5. The van der Waals surface area contributed by atoms with Gasteiger partial charge in [-0.25, -0.2) is 0 Å². The molecule has 0 saturated heterocycles. The van der Waals surface area contributed by atoms with Crippen LogP contribution in [0.2, 0.25) is 0 Å². The Morgan fingerprint density at radius 3 is 1.50 bits per heavy atom. The Morgan fingerprint density at radius 2 is 1.18 bits per heavy atom. The number of benzene rings is 2. The summed E-state index contributed by atoms with van der Waals surface area (Å²) in [6.45, 7) is 12.9. The standard InChI is InChI=1S/C14H22O.C6H6O/c1-13(2,3)10-8-7-9-11(15)12(10)14(4,5)6;7-6-4-2-1-3-5-6/h7-9,15H,1-6H3;1-5,7H. The first-order chi connectivity index (χ1) is 10.0. The van der Waals surface area contributed by atoms with Crippen LogP contribution in [0.15, 0.2) is 48.5 Å². The molecule has 2 aromatic carbocycles. The van der Waals surface area contributed by atoms with Gasteiger partial charge in [-0.3, -0.25) is 0 Å². The highest BCUT2D eigenvalue weighted by Gasteiger charge is 2.27. The Bertz CT molecular complexity index is 587. The molecule has 0 bridgehead atoms. The van der Waals surface area contributed by atoms with Gasteiger partial charge in [-0.15, -0.1) is 0 Å². The van der Waals surface area contributed by atoms with Crippen LogP contribution in [0, 0.1) is 0 Å². The largest absolute Gasteiger partial charge is 0.508 e. The fraction of sp³-hybridized carbons (Fsp3) is 0.400. The molecular weight excluding hydrogens is 272 g/mol. The number of aromatic hydroxyl groups is 2. The number of rotatable bonds is 0. The van der Waals surface area contributed by atoms with Gasteiger partial charge in [-0.1, -0.05) is 71.9 Å². The lowest BCUT2D eigenvalue weighted by Crippen LogP contribution is -2.21. The van der Waals surface area contributed by atoms with E-state index in [4.69, 9.17) is 5.11 Å². The van der Waals surface area contributed by atoms with E-state index in [2.05, 4.69) is 47.6 Å². The molecule has 2 N–H and O–H groups in total. The van der Waals surface area contributed by atoms with Gasteiger partial charge in [0.25, 0.3) is 0 Å². The van der Waals surface area contributed by atoms with Crippen LogP contribution in [0.25, 0.3) is 0 Å². The van der Waals surface area contributed by atoms with Crippen molar-refractivity contribution in [3.05, 3.63) is 59.7 Å². The quantitative estimate of drug-likeness (QED) is 0.685. The van der Waals surface area contributed by atoms with Gasteiger partial charge in [-0.2, -0.15) is 0 Å². The van der Waals surface area contributed by atoms with Crippen LogP contribution in [0.3, 0.4) is 0 Å². The van der Waals surface area contributed by atoms with Gasteiger partial charge in [-0.05, 0) is 34.6 Å². The minimum Gasteiger partial charge on any atom is -0.508 e. The van der Waals surface area contributed by atoms with Crippen LogP contribution >= 0.6 is 0 Å². The summed E-state index contributed by atoms with van der Waals surface area (Å²) in [5, 5.41) is 18.6. The summed E-state index contributed by atoms with van der Waals surface area (Å²) in [5.41, 5.74) is 2.35. The van der Waals surface area contributed by atoms with Gasteiger partial charge in [0, 0.05) is 5.56 Å². The fourth-order valence-corrected chi connectivity index (χ4v) is 2.38. The van der Waals surface area contributed by atoms with Crippen LogP contribution in [-0.2, 0) is 10.8 Å². The molecule has 2 rings (SSSR count). The molecule has 0 unspecified atom stereocenters. The predicted octanol–water partition coefficient (Wildman–Crippen LogP) is 5.38. The highest BCUT2D eigenvalue weighted by molar-refractivity contribution is 5.46. The minimum absolute atomic E-state index is 0.0199. The fourth-order valence-electron chi connectivity index (χ4n) is 2.38. The maximum atomic E-state index is 9.99. The molecular formula is C20H28O2. The molecule has 0 aliphatic rings. The van der Waals surface area contributed by atoms with Crippen LogP contribution in [0.1, 0.15) is 52.7 Å². The lowest BCUT2D eigenvalue weighted by molar-refractivity contribution is 0.435. The summed E-state index contributed by atoms with van der Waals surface area (Å²) in [5.74, 6) is 0.734. The first-order valence-electron chi connectivity index (χ1n) is 7.60. The van der Waals surface area contributed by atoms with Crippen molar-refractivity contribution in [1.29, 1.82) is 0 Å². The molecule has 2 aromatic rings. The van der Waals surface area contributed by atoms with Crippen molar-refractivity contribution >= 4 is 0 Å². The normalized spacial score (nSPS) is 11.5. The molecule has 0 spiro atoms. The molecule has 22 heavy (non-hydrogen) atoms. The summed E-state index contributed by atoms with van der Waals surface area (Å²) >= 11 is 0. The molecule has 0 saturated carbocycles. The molecule has 0 atom stereocenters. The molecule has 0 amide bonds. The second-order valence-corrected chi connectivity index (χ2v) is 7.54.